The molecule has 0 unspecified atom stereocenters. The molecular formula is C13H11N3O3. The summed E-state index contributed by atoms with van der Waals surface area (Å²) in [5.74, 6) is -1.10. The molecule has 2 aromatic heterocycles. The minimum absolute atomic E-state index is 0.0617. The van der Waals surface area contributed by atoms with E-state index in [1.54, 1.807) is 10.9 Å². The van der Waals surface area contributed by atoms with E-state index in [-0.39, 0.29) is 5.69 Å². The van der Waals surface area contributed by atoms with Gasteiger partial charge in [-0.1, -0.05) is 23.4 Å². The van der Waals surface area contributed by atoms with E-state index in [1.165, 1.54) is 0 Å². The lowest BCUT2D eigenvalue weighted by Gasteiger charge is -2.02. The molecule has 2 heterocycles. The third-order valence-corrected chi connectivity index (χ3v) is 2.97. The van der Waals surface area contributed by atoms with Crippen molar-refractivity contribution >= 4 is 16.9 Å². The third kappa shape index (κ3) is 1.69. The topological polar surface area (TPSA) is 81.2 Å². The molecule has 0 bridgehead atoms. The first-order chi connectivity index (χ1) is 9.22. The van der Waals surface area contributed by atoms with E-state index in [0.717, 1.165) is 5.39 Å². The van der Waals surface area contributed by atoms with Gasteiger partial charge in [0.25, 0.3) is 0 Å². The SMILES string of the molecule is CCn1nnc(C(=O)O)c1-c1coc2ccccc12. The summed E-state index contributed by atoms with van der Waals surface area (Å²) in [6, 6.07) is 7.46. The monoisotopic (exact) mass is 257 g/mol. The van der Waals surface area contributed by atoms with Gasteiger partial charge >= 0.3 is 5.97 Å². The van der Waals surface area contributed by atoms with Crippen LogP contribution in [0.1, 0.15) is 17.4 Å². The van der Waals surface area contributed by atoms with E-state index < -0.39 is 5.97 Å². The van der Waals surface area contributed by atoms with E-state index >= 15 is 0 Å². The number of benzene rings is 1. The number of fused-ring (bicyclic) bond motifs is 1. The normalized spacial score (nSPS) is 11.0. The maximum absolute atomic E-state index is 11.2. The number of para-hydroxylation sites is 1. The van der Waals surface area contributed by atoms with Crippen LogP contribution in [0.3, 0.4) is 0 Å². The van der Waals surface area contributed by atoms with Crippen molar-refractivity contribution in [1.29, 1.82) is 0 Å². The molecular weight excluding hydrogens is 246 g/mol. The number of hydrogen-bond acceptors (Lipinski definition) is 4. The number of nitrogens with zero attached hydrogens (tertiary/aromatic N) is 3. The zero-order valence-corrected chi connectivity index (χ0v) is 10.2. The van der Waals surface area contributed by atoms with Crippen molar-refractivity contribution in [3.63, 3.8) is 0 Å². The molecule has 0 saturated carbocycles. The Labute approximate surface area is 108 Å². The second kappa shape index (κ2) is 4.24. The van der Waals surface area contributed by atoms with Gasteiger partial charge in [-0.05, 0) is 13.0 Å². The maximum Gasteiger partial charge on any atom is 0.358 e. The first kappa shape index (κ1) is 11.5. The first-order valence-electron chi connectivity index (χ1n) is 5.85. The lowest BCUT2D eigenvalue weighted by Crippen LogP contribution is -2.03. The van der Waals surface area contributed by atoms with Crippen molar-refractivity contribution in [2.75, 3.05) is 0 Å². The zero-order chi connectivity index (χ0) is 13.4. The maximum atomic E-state index is 11.2. The molecule has 0 aliphatic rings. The first-order valence-corrected chi connectivity index (χ1v) is 5.85. The Balaban J connectivity index is 2.32. The standard InChI is InChI=1S/C13H11N3O3/c1-2-16-12(11(13(17)18)14-15-16)9-7-19-10-6-4-3-5-8(9)10/h3-7H,2H2,1H3,(H,17,18). The Morgan fingerprint density at radius 3 is 2.95 bits per heavy atom. The van der Waals surface area contributed by atoms with Crippen molar-refractivity contribution in [3.05, 3.63) is 36.2 Å². The Hall–Kier alpha value is -2.63. The van der Waals surface area contributed by atoms with Gasteiger partial charge in [0.15, 0.2) is 5.69 Å². The molecule has 1 N–H and O–H groups in total. The molecule has 0 saturated heterocycles. The van der Waals surface area contributed by atoms with Gasteiger partial charge in [0.1, 0.15) is 17.5 Å². The molecule has 6 heteroatoms. The fourth-order valence-corrected chi connectivity index (χ4v) is 2.11. The molecule has 3 aromatic rings. The van der Waals surface area contributed by atoms with Crippen LogP contribution in [0.2, 0.25) is 0 Å². The van der Waals surface area contributed by atoms with Gasteiger partial charge in [-0.3, -0.25) is 0 Å². The molecule has 3 rings (SSSR count). The number of aryl methyl sites for hydroxylation is 1. The van der Waals surface area contributed by atoms with Crippen molar-refractivity contribution in [1.82, 2.24) is 15.0 Å². The van der Waals surface area contributed by atoms with E-state index in [0.29, 0.717) is 23.4 Å². The van der Waals surface area contributed by atoms with Crippen molar-refractivity contribution in [2.24, 2.45) is 0 Å². The molecule has 19 heavy (non-hydrogen) atoms. The fourth-order valence-electron chi connectivity index (χ4n) is 2.11. The molecule has 0 fully saturated rings. The van der Waals surface area contributed by atoms with Crippen LogP contribution < -0.4 is 0 Å². The molecule has 0 aliphatic heterocycles. The largest absolute Gasteiger partial charge is 0.476 e. The minimum Gasteiger partial charge on any atom is -0.476 e. The highest BCUT2D eigenvalue weighted by atomic mass is 16.4. The van der Waals surface area contributed by atoms with Crippen LogP contribution in [0.5, 0.6) is 0 Å². The smallest absolute Gasteiger partial charge is 0.358 e. The number of furan rings is 1. The van der Waals surface area contributed by atoms with E-state index in [4.69, 9.17) is 4.42 Å². The van der Waals surface area contributed by atoms with Crippen LogP contribution >= 0.6 is 0 Å². The molecule has 0 radical (unpaired) electrons. The average molecular weight is 257 g/mol. The highest BCUT2D eigenvalue weighted by Crippen LogP contribution is 2.31. The van der Waals surface area contributed by atoms with E-state index in [2.05, 4.69) is 10.3 Å². The summed E-state index contributed by atoms with van der Waals surface area (Å²) in [6.07, 6.45) is 1.54. The van der Waals surface area contributed by atoms with Crippen LogP contribution in [0.15, 0.2) is 34.9 Å². The molecule has 0 aliphatic carbocycles. The fraction of sp³-hybridized carbons (Fsp3) is 0.154. The zero-order valence-electron chi connectivity index (χ0n) is 10.2. The average Bonchev–Trinajstić information content (AvgIpc) is 3.01. The summed E-state index contributed by atoms with van der Waals surface area (Å²) in [5, 5.41) is 17.6. The Morgan fingerprint density at radius 1 is 1.42 bits per heavy atom. The minimum atomic E-state index is -1.10. The highest BCUT2D eigenvalue weighted by Gasteiger charge is 2.22. The van der Waals surface area contributed by atoms with Gasteiger partial charge in [-0.15, -0.1) is 5.10 Å². The predicted molar refractivity (Wildman–Crippen MR) is 67.9 cm³/mol. The van der Waals surface area contributed by atoms with Gasteiger partial charge in [0.05, 0.1) is 0 Å². The second-order valence-electron chi connectivity index (χ2n) is 4.05. The number of aromatic nitrogens is 3. The van der Waals surface area contributed by atoms with Crippen molar-refractivity contribution in [2.45, 2.75) is 13.5 Å². The molecule has 0 spiro atoms. The predicted octanol–water partition coefficient (Wildman–Crippen LogP) is 2.41. The number of carbonyl (C=O) groups is 1. The second-order valence-corrected chi connectivity index (χ2v) is 4.05. The number of carboxylic acids is 1. The van der Waals surface area contributed by atoms with Crippen molar-refractivity contribution in [3.8, 4) is 11.3 Å². The van der Waals surface area contributed by atoms with Crippen LogP contribution in [0.25, 0.3) is 22.2 Å². The number of carboxylic acid groups (broad SMARTS) is 1. The van der Waals surface area contributed by atoms with Crippen LogP contribution in [0, 0.1) is 0 Å². The van der Waals surface area contributed by atoms with Crippen LogP contribution in [-0.2, 0) is 6.54 Å². The van der Waals surface area contributed by atoms with Gasteiger partial charge in [-0.25, -0.2) is 9.48 Å². The molecule has 6 nitrogen and oxygen atoms in total. The van der Waals surface area contributed by atoms with Gasteiger partial charge in [-0.2, -0.15) is 0 Å². The van der Waals surface area contributed by atoms with Gasteiger partial charge in [0, 0.05) is 17.5 Å². The molecule has 96 valence electrons. The molecule has 0 amide bonds. The molecule has 0 atom stereocenters. The van der Waals surface area contributed by atoms with Crippen LogP contribution in [-0.4, -0.2) is 26.1 Å². The number of aromatic carboxylic acids is 1. The summed E-state index contributed by atoms with van der Waals surface area (Å²) in [6.45, 7) is 2.42. The van der Waals surface area contributed by atoms with Gasteiger partial charge in [0.2, 0.25) is 0 Å². The lowest BCUT2D eigenvalue weighted by atomic mass is 10.1. The number of rotatable bonds is 3. The van der Waals surface area contributed by atoms with Crippen molar-refractivity contribution < 1.29 is 14.3 Å². The molecule has 1 aromatic carbocycles. The Morgan fingerprint density at radius 2 is 2.21 bits per heavy atom. The highest BCUT2D eigenvalue weighted by molar-refractivity contribution is 6.00. The Kier molecular flexibility index (Phi) is 2.56. The quantitative estimate of drug-likeness (QED) is 0.779. The summed E-state index contributed by atoms with van der Waals surface area (Å²) in [4.78, 5) is 11.2. The summed E-state index contributed by atoms with van der Waals surface area (Å²) < 4.78 is 7.00. The number of hydrogen-bond donors (Lipinski definition) is 1. The lowest BCUT2D eigenvalue weighted by molar-refractivity contribution is 0.0691. The van der Waals surface area contributed by atoms with Crippen LogP contribution in [0.4, 0.5) is 0 Å². The van der Waals surface area contributed by atoms with E-state index in [1.807, 2.05) is 31.2 Å². The summed E-state index contributed by atoms with van der Waals surface area (Å²) >= 11 is 0. The summed E-state index contributed by atoms with van der Waals surface area (Å²) in [5.41, 5.74) is 1.81. The van der Waals surface area contributed by atoms with E-state index in [9.17, 15) is 9.90 Å². The Bertz CT molecular complexity index is 757. The summed E-state index contributed by atoms with van der Waals surface area (Å²) in [7, 11) is 0. The third-order valence-electron chi connectivity index (χ3n) is 2.97. The van der Waals surface area contributed by atoms with Gasteiger partial charge < -0.3 is 9.52 Å².